The van der Waals surface area contributed by atoms with Crippen LogP contribution < -0.4 is 10.3 Å². The maximum absolute atomic E-state index is 12.3. The van der Waals surface area contributed by atoms with Crippen molar-refractivity contribution in [3.05, 3.63) is 58.3 Å². The van der Waals surface area contributed by atoms with Crippen molar-refractivity contribution in [3.8, 4) is 11.5 Å². The largest absolute Gasteiger partial charge is 0.453 e. The first kappa shape index (κ1) is 13.5. The zero-order chi connectivity index (χ0) is 16.3. The van der Waals surface area contributed by atoms with E-state index in [4.69, 9.17) is 9.40 Å². The fourth-order valence-corrected chi connectivity index (χ4v) is 3.69. The fraction of sp³-hybridized carbons (Fsp3) is 0.200. The van der Waals surface area contributed by atoms with Gasteiger partial charge in [-0.3, -0.25) is 4.79 Å². The van der Waals surface area contributed by atoms with Gasteiger partial charge in [-0.25, -0.2) is 4.98 Å². The number of aromatic nitrogens is 1. The molecule has 2 aromatic carbocycles. The van der Waals surface area contributed by atoms with Crippen molar-refractivity contribution in [2.24, 2.45) is 0 Å². The summed E-state index contributed by atoms with van der Waals surface area (Å²) in [4.78, 5) is 19.4. The summed E-state index contributed by atoms with van der Waals surface area (Å²) in [5, 5.41) is 1.53. The van der Waals surface area contributed by atoms with Gasteiger partial charge in [0, 0.05) is 42.2 Å². The van der Waals surface area contributed by atoms with Crippen LogP contribution in [-0.2, 0) is 6.42 Å². The standard InChI is InChI=1S/C20H16N2O2/c1-22-8-4-5-12-9-15-18(10-16(12)22)24-19-11-17(23)13-6-2-3-7-14(13)20(19)21-15/h2-3,6-7,9-11H,4-5,8H2,1H3. The molecule has 118 valence electrons. The van der Waals surface area contributed by atoms with Gasteiger partial charge in [0.05, 0.1) is 0 Å². The average Bonchev–Trinajstić information content (AvgIpc) is 2.60. The number of hydrogen-bond acceptors (Lipinski definition) is 4. The average molecular weight is 316 g/mol. The Morgan fingerprint density at radius 1 is 1.12 bits per heavy atom. The molecular formula is C20H16N2O2. The molecule has 0 saturated heterocycles. The highest BCUT2D eigenvalue weighted by Crippen LogP contribution is 2.34. The van der Waals surface area contributed by atoms with Crippen LogP contribution in [0.1, 0.15) is 12.0 Å². The normalized spacial score (nSPS) is 14.5. The second-order valence-electron chi connectivity index (χ2n) is 6.45. The fourth-order valence-electron chi connectivity index (χ4n) is 3.69. The summed E-state index contributed by atoms with van der Waals surface area (Å²) < 4.78 is 6.06. The molecule has 5 rings (SSSR count). The van der Waals surface area contributed by atoms with E-state index in [9.17, 15) is 4.79 Å². The maximum atomic E-state index is 12.3. The highest BCUT2D eigenvalue weighted by molar-refractivity contribution is 5.96. The van der Waals surface area contributed by atoms with Crippen molar-refractivity contribution < 1.29 is 4.42 Å². The van der Waals surface area contributed by atoms with E-state index in [1.807, 2.05) is 24.3 Å². The molecule has 4 nitrogen and oxygen atoms in total. The molecule has 4 heteroatoms. The second kappa shape index (κ2) is 4.81. The van der Waals surface area contributed by atoms with E-state index in [-0.39, 0.29) is 5.43 Å². The van der Waals surface area contributed by atoms with Crippen LogP contribution in [0, 0.1) is 0 Å². The number of fused-ring (bicyclic) bond motifs is 5. The van der Waals surface area contributed by atoms with Gasteiger partial charge in [-0.2, -0.15) is 0 Å². The minimum absolute atomic E-state index is 0.0296. The van der Waals surface area contributed by atoms with Crippen LogP contribution >= 0.6 is 0 Å². The van der Waals surface area contributed by atoms with Crippen LogP contribution in [0.5, 0.6) is 0 Å². The van der Waals surface area contributed by atoms with Crippen LogP contribution in [0.25, 0.3) is 33.3 Å². The summed E-state index contributed by atoms with van der Waals surface area (Å²) in [6.07, 6.45) is 2.22. The Kier molecular flexibility index (Phi) is 2.71. The first-order chi connectivity index (χ1) is 11.7. The first-order valence-corrected chi connectivity index (χ1v) is 8.21. The lowest BCUT2D eigenvalue weighted by atomic mass is 10.0. The van der Waals surface area contributed by atoms with E-state index in [0.717, 1.165) is 41.6 Å². The van der Waals surface area contributed by atoms with Gasteiger partial charge in [0.15, 0.2) is 16.8 Å². The zero-order valence-electron chi connectivity index (χ0n) is 13.4. The number of nitrogens with zero attached hydrogens (tertiary/aromatic N) is 2. The topological polar surface area (TPSA) is 46.3 Å². The Bertz CT molecular complexity index is 1130. The minimum Gasteiger partial charge on any atom is -0.453 e. The predicted octanol–water partition coefficient (Wildman–Crippen LogP) is 3.83. The Labute approximate surface area is 138 Å². The summed E-state index contributed by atoms with van der Waals surface area (Å²) >= 11 is 0. The summed E-state index contributed by atoms with van der Waals surface area (Å²) in [5.41, 5.74) is 4.80. The smallest absolute Gasteiger partial charge is 0.190 e. The minimum atomic E-state index is -0.0296. The zero-order valence-corrected chi connectivity index (χ0v) is 13.4. The van der Waals surface area contributed by atoms with Gasteiger partial charge in [0.25, 0.3) is 0 Å². The van der Waals surface area contributed by atoms with Gasteiger partial charge in [-0.05, 0) is 24.5 Å². The third-order valence-electron chi connectivity index (χ3n) is 4.91. The van der Waals surface area contributed by atoms with Crippen molar-refractivity contribution in [2.45, 2.75) is 12.8 Å². The maximum Gasteiger partial charge on any atom is 0.190 e. The number of hydrogen-bond donors (Lipinski definition) is 0. The first-order valence-electron chi connectivity index (χ1n) is 8.21. The van der Waals surface area contributed by atoms with Crippen LogP contribution in [0.3, 0.4) is 0 Å². The molecule has 2 heterocycles. The molecule has 0 radical (unpaired) electrons. The van der Waals surface area contributed by atoms with Crippen LogP contribution in [0.4, 0.5) is 5.69 Å². The molecule has 24 heavy (non-hydrogen) atoms. The molecule has 0 N–H and O–H groups in total. The van der Waals surface area contributed by atoms with E-state index < -0.39 is 0 Å². The molecule has 0 atom stereocenters. The molecule has 0 unspecified atom stereocenters. The number of aryl methyl sites for hydroxylation is 1. The van der Waals surface area contributed by atoms with E-state index >= 15 is 0 Å². The summed E-state index contributed by atoms with van der Waals surface area (Å²) in [6.45, 7) is 1.05. The molecule has 0 aromatic heterocycles. The summed E-state index contributed by atoms with van der Waals surface area (Å²) in [7, 11) is 2.10. The lowest BCUT2D eigenvalue weighted by Crippen LogP contribution is -2.24. The molecule has 2 aliphatic heterocycles. The Morgan fingerprint density at radius 2 is 1.96 bits per heavy atom. The molecule has 0 bridgehead atoms. The quantitative estimate of drug-likeness (QED) is 0.365. The molecule has 0 fully saturated rings. The van der Waals surface area contributed by atoms with Gasteiger partial charge >= 0.3 is 0 Å². The van der Waals surface area contributed by atoms with Gasteiger partial charge < -0.3 is 9.32 Å². The lowest BCUT2D eigenvalue weighted by Gasteiger charge is -2.27. The highest BCUT2D eigenvalue weighted by atomic mass is 16.3. The van der Waals surface area contributed by atoms with Crippen molar-refractivity contribution in [1.29, 1.82) is 0 Å². The van der Waals surface area contributed by atoms with E-state index in [1.165, 1.54) is 11.3 Å². The Balaban J connectivity index is 1.90. The number of benzene rings is 3. The Hall–Kier alpha value is -2.88. The predicted molar refractivity (Wildman–Crippen MR) is 96.0 cm³/mol. The highest BCUT2D eigenvalue weighted by Gasteiger charge is 2.19. The third-order valence-corrected chi connectivity index (χ3v) is 4.91. The molecule has 0 spiro atoms. The van der Waals surface area contributed by atoms with Gasteiger partial charge in [0.2, 0.25) is 0 Å². The number of rotatable bonds is 0. The SMILES string of the molecule is CN1CCCc2cc3nc4c5ccccc5c(=O)cc-4oc3cc21. The van der Waals surface area contributed by atoms with E-state index in [0.29, 0.717) is 11.1 Å². The molecule has 3 aliphatic rings. The molecular weight excluding hydrogens is 300 g/mol. The lowest BCUT2D eigenvalue weighted by molar-refractivity contribution is 0.612. The molecule has 0 amide bonds. The third kappa shape index (κ3) is 1.86. The van der Waals surface area contributed by atoms with Crippen molar-refractivity contribution >= 4 is 27.6 Å². The van der Waals surface area contributed by atoms with E-state index in [2.05, 4.69) is 24.1 Å². The summed E-state index contributed by atoms with van der Waals surface area (Å²) in [6, 6.07) is 13.3. The van der Waals surface area contributed by atoms with Crippen molar-refractivity contribution in [3.63, 3.8) is 0 Å². The van der Waals surface area contributed by atoms with Gasteiger partial charge in [0.1, 0.15) is 11.2 Å². The van der Waals surface area contributed by atoms with Gasteiger partial charge in [-0.15, -0.1) is 0 Å². The van der Waals surface area contributed by atoms with Crippen LogP contribution in [0.2, 0.25) is 0 Å². The van der Waals surface area contributed by atoms with Crippen molar-refractivity contribution in [2.75, 3.05) is 18.5 Å². The van der Waals surface area contributed by atoms with E-state index in [1.54, 1.807) is 6.07 Å². The molecule has 1 aliphatic carbocycles. The Morgan fingerprint density at radius 3 is 2.83 bits per heavy atom. The van der Waals surface area contributed by atoms with Crippen LogP contribution in [0.15, 0.2) is 51.7 Å². The van der Waals surface area contributed by atoms with Crippen molar-refractivity contribution in [1.82, 2.24) is 4.98 Å². The number of anilines is 1. The molecule has 2 aromatic rings. The van der Waals surface area contributed by atoms with Gasteiger partial charge in [-0.1, -0.05) is 24.3 Å². The molecule has 0 saturated carbocycles. The summed E-state index contributed by atoms with van der Waals surface area (Å²) in [5.74, 6) is 0.546. The monoisotopic (exact) mass is 316 g/mol. The second-order valence-corrected chi connectivity index (χ2v) is 6.45. The van der Waals surface area contributed by atoms with Crippen LogP contribution in [-0.4, -0.2) is 18.6 Å².